The van der Waals surface area contributed by atoms with Gasteiger partial charge in [-0.05, 0) is 48.8 Å². The van der Waals surface area contributed by atoms with Crippen molar-refractivity contribution in [3.63, 3.8) is 0 Å². The zero-order valence-electron chi connectivity index (χ0n) is 9.12. The highest BCUT2D eigenvalue weighted by Gasteiger charge is 2.01. The van der Waals surface area contributed by atoms with Gasteiger partial charge in [-0.15, -0.1) is 5.73 Å². The molecule has 0 amide bonds. The number of allylic oxidation sites excluding steroid dienone is 5. The molecule has 0 aromatic heterocycles. The Morgan fingerprint density at radius 3 is 2.73 bits per heavy atom. The molecule has 0 fully saturated rings. The van der Waals surface area contributed by atoms with Crippen LogP contribution in [0.2, 0.25) is 0 Å². The van der Waals surface area contributed by atoms with Crippen molar-refractivity contribution >= 4 is 5.57 Å². The van der Waals surface area contributed by atoms with Gasteiger partial charge >= 0.3 is 0 Å². The standard InChI is InChI=1S/C15H14/c1-12-9-10-15(13(2)11-12)14-7-5-3-4-6-8-14/h3,5-11H,1-2H3. The van der Waals surface area contributed by atoms with Crippen LogP contribution in [-0.4, -0.2) is 0 Å². The average Bonchev–Trinajstić information content (AvgIpc) is 2.46. The summed E-state index contributed by atoms with van der Waals surface area (Å²) in [5.41, 5.74) is 8.23. The first-order valence-electron chi connectivity index (χ1n) is 5.14. The highest BCUT2D eigenvalue weighted by atomic mass is 14.1. The van der Waals surface area contributed by atoms with Crippen LogP contribution in [0.4, 0.5) is 0 Å². The topological polar surface area (TPSA) is 0 Å². The molecule has 0 nitrogen and oxygen atoms in total. The monoisotopic (exact) mass is 194 g/mol. The van der Waals surface area contributed by atoms with Gasteiger partial charge in [0.25, 0.3) is 0 Å². The predicted molar refractivity (Wildman–Crippen MR) is 65.7 cm³/mol. The molecular formula is C15H14. The van der Waals surface area contributed by atoms with Crippen molar-refractivity contribution in [2.24, 2.45) is 0 Å². The molecule has 1 aliphatic carbocycles. The van der Waals surface area contributed by atoms with Gasteiger partial charge in [0, 0.05) is 0 Å². The Bertz CT molecular complexity index is 493. The van der Waals surface area contributed by atoms with Crippen molar-refractivity contribution in [1.82, 2.24) is 0 Å². The fourth-order valence-corrected chi connectivity index (χ4v) is 1.77. The van der Waals surface area contributed by atoms with E-state index in [1.807, 2.05) is 18.2 Å². The highest BCUT2D eigenvalue weighted by molar-refractivity contribution is 5.77. The predicted octanol–water partition coefficient (Wildman–Crippen LogP) is 3.97. The number of hydrogen-bond donors (Lipinski definition) is 0. The van der Waals surface area contributed by atoms with Crippen LogP contribution in [0.5, 0.6) is 0 Å². The minimum absolute atomic E-state index is 1.24. The van der Waals surface area contributed by atoms with Gasteiger partial charge < -0.3 is 0 Å². The fourth-order valence-electron chi connectivity index (χ4n) is 1.77. The highest BCUT2D eigenvalue weighted by Crippen LogP contribution is 2.22. The third kappa shape index (κ3) is 2.18. The third-order valence-electron chi connectivity index (χ3n) is 2.52. The van der Waals surface area contributed by atoms with Crippen LogP contribution < -0.4 is 0 Å². The van der Waals surface area contributed by atoms with Crippen LogP contribution in [0.25, 0.3) is 5.57 Å². The summed E-state index contributed by atoms with van der Waals surface area (Å²) in [5.74, 6) is 0. The summed E-state index contributed by atoms with van der Waals surface area (Å²) in [6.45, 7) is 4.27. The van der Waals surface area contributed by atoms with Crippen molar-refractivity contribution < 1.29 is 0 Å². The molecule has 1 aliphatic rings. The molecule has 0 heterocycles. The Balaban J connectivity index is 2.47. The summed E-state index contributed by atoms with van der Waals surface area (Å²) in [7, 11) is 0. The van der Waals surface area contributed by atoms with E-state index in [1.165, 1.54) is 22.3 Å². The molecule has 0 saturated carbocycles. The normalized spacial score (nSPS) is 13.9. The van der Waals surface area contributed by atoms with Crippen molar-refractivity contribution in [1.29, 1.82) is 0 Å². The van der Waals surface area contributed by atoms with Gasteiger partial charge in [-0.1, -0.05) is 35.9 Å². The Morgan fingerprint density at radius 1 is 1.07 bits per heavy atom. The second-order valence-electron chi connectivity index (χ2n) is 3.80. The molecule has 15 heavy (non-hydrogen) atoms. The molecule has 2 rings (SSSR count). The summed E-state index contributed by atoms with van der Waals surface area (Å²) in [6, 6.07) is 6.55. The van der Waals surface area contributed by atoms with Crippen molar-refractivity contribution in [3.8, 4) is 0 Å². The van der Waals surface area contributed by atoms with Gasteiger partial charge in [-0.2, -0.15) is 0 Å². The summed E-state index contributed by atoms with van der Waals surface area (Å²) in [6.07, 6.45) is 10.1. The van der Waals surface area contributed by atoms with E-state index in [0.29, 0.717) is 0 Å². The van der Waals surface area contributed by atoms with Gasteiger partial charge in [0.05, 0.1) is 0 Å². The first-order chi connectivity index (χ1) is 7.27. The molecule has 1 aromatic rings. The summed E-state index contributed by atoms with van der Waals surface area (Å²) < 4.78 is 0. The van der Waals surface area contributed by atoms with Crippen molar-refractivity contribution in [2.75, 3.05) is 0 Å². The molecular weight excluding hydrogens is 180 g/mol. The SMILES string of the molecule is Cc1ccc(C2=CC=C=CC=C2)c(C)c1. The Kier molecular flexibility index (Phi) is 2.71. The lowest BCUT2D eigenvalue weighted by molar-refractivity contribution is 1.36. The molecule has 0 spiro atoms. The van der Waals surface area contributed by atoms with Crippen LogP contribution in [0, 0.1) is 13.8 Å². The van der Waals surface area contributed by atoms with E-state index >= 15 is 0 Å². The maximum Gasteiger partial charge on any atom is -0.0154 e. The summed E-state index contributed by atoms with van der Waals surface area (Å²) in [4.78, 5) is 0. The van der Waals surface area contributed by atoms with Gasteiger partial charge in [0.1, 0.15) is 0 Å². The summed E-state index contributed by atoms with van der Waals surface area (Å²) >= 11 is 0. The molecule has 0 heteroatoms. The Hall–Kier alpha value is -1.78. The van der Waals surface area contributed by atoms with Gasteiger partial charge in [-0.25, -0.2) is 0 Å². The maximum absolute atomic E-state index is 3.06. The van der Waals surface area contributed by atoms with E-state index in [-0.39, 0.29) is 0 Å². The number of aryl methyl sites for hydroxylation is 2. The fraction of sp³-hybridized carbons (Fsp3) is 0.133. The smallest absolute Gasteiger partial charge is 0.0154 e. The summed E-state index contributed by atoms with van der Waals surface area (Å²) in [5, 5.41) is 0. The van der Waals surface area contributed by atoms with Gasteiger partial charge in [0.15, 0.2) is 0 Å². The Morgan fingerprint density at radius 2 is 1.93 bits per heavy atom. The van der Waals surface area contributed by atoms with Crippen molar-refractivity contribution in [2.45, 2.75) is 13.8 Å². The maximum atomic E-state index is 3.06. The van der Waals surface area contributed by atoms with Crippen LogP contribution in [0.3, 0.4) is 0 Å². The molecule has 0 saturated heterocycles. The minimum atomic E-state index is 1.24. The van der Waals surface area contributed by atoms with Crippen LogP contribution in [0.1, 0.15) is 16.7 Å². The lowest BCUT2D eigenvalue weighted by Gasteiger charge is -2.07. The van der Waals surface area contributed by atoms with Crippen molar-refractivity contribution in [3.05, 3.63) is 71.0 Å². The average molecular weight is 194 g/mol. The molecule has 0 unspecified atom stereocenters. The number of hydrogen-bond acceptors (Lipinski definition) is 0. The zero-order valence-corrected chi connectivity index (χ0v) is 9.12. The van der Waals surface area contributed by atoms with E-state index in [1.54, 1.807) is 0 Å². The van der Waals surface area contributed by atoms with Gasteiger partial charge in [0.2, 0.25) is 0 Å². The van der Waals surface area contributed by atoms with E-state index in [9.17, 15) is 0 Å². The quantitative estimate of drug-likeness (QED) is 0.593. The van der Waals surface area contributed by atoms with Crippen LogP contribution in [-0.2, 0) is 0 Å². The number of benzene rings is 1. The third-order valence-corrected chi connectivity index (χ3v) is 2.52. The van der Waals surface area contributed by atoms with E-state index < -0.39 is 0 Å². The van der Waals surface area contributed by atoms with Crippen LogP contribution >= 0.6 is 0 Å². The van der Waals surface area contributed by atoms with Crippen LogP contribution in [0.15, 0.2) is 54.3 Å². The van der Waals surface area contributed by atoms with E-state index in [0.717, 1.165) is 0 Å². The molecule has 1 aromatic carbocycles. The zero-order chi connectivity index (χ0) is 10.7. The molecule has 0 bridgehead atoms. The van der Waals surface area contributed by atoms with E-state index in [2.05, 4.69) is 49.9 Å². The minimum Gasteiger partial charge on any atom is -0.121 e. The molecule has 0 radical (unpaired) electrons. The second kappa shape index (κ2) is 4.16. The molecule has 74 valence electrons. The molecule has 0 N–H and O–H groups in total. The Labute approximate surface area is 91.0 Å². The second-order valence-corrected chi connectivity index (χ2v) is 3.80. The molecule has 0 atom stereocenters. The van der Waals surface area contributed by atoms with Gasteiger partial charge in [-0.3, -0.25) is 0 Å². The lowest BCUT2D eigenvalue weighted by Crippen LogP contribution is -1.87. The number of rotatable bonds is 1. The first kappa shape index (κ1) is 9.76. The molecule has 0 aliphatic heterocycles. The largest absolute Gasteiger partial charge is 0.121 e. The first-order valence-corrected chi connectivity index (χ1v) is 5.14. The van der Waals surface area contributed by atoms with E-state index in [4.69, 9.17) is 0 Å². The lowest BCUT2D eigenvalue weighted by atomic mass is 9.98.